The summed E-state index contributed by atoms with van der Waals surface area (Å²) in [6.07, 6.45) is 0.247. The summed E-state index contributed by atoms with van der Waals surface area (Å²) in [7, 11) is 1.56. The van der Waals surface area contributed by atoms with Gasteiger partial charge in [-0.2, -0.15) is 0 Å². The van der Waals surface area contributed by atoms with Crippen LogP contribution in [-0.2, 0) is 11.2 Å². The van der Waals surface area contributed by atoms with Crippen LogP contribution < -0.4 is 20.7 Å². The van der Waals surface area contributed by atoms with Crippen molar-refractivity contribution in [3.8, 4) is 11.5 Å². The lowest BCUT2D eigenvalue weighted by Crippen LogP contribution is -2.40. The zero-order valence-electron chi connectivity index (χ0n) is 10.3. The number of hydrazine groups is 1. The number of hydrogen-bond donors (Lipinski definition) is 2. The van der Waals surface area contributed by atoms with E-state index in [9.17, 15) is 4.79 Å². The second-order valence-electron chi connectivity index (χ2n) is 3.61. The molecule has 0 spiro atoms. The first-order valence-corrected chi connectivity index (χ1v) is 5.46. The average Bonchev–Trinajstić information content (AvgIpc) is 2.37. The van der Waals surface area contributed by atoms with Crippen LogP contribution in [0.25, 0.3) is 0 Å². The fourth-order valence-electron chi connectivity index (χ4n) is 1.39. The zero-order chi connectivity index (χ0) is 12.8. The van der Waals surface area contributed by atoms with Crippen molar-refractivity contribution in [2.24, 2.45) is 5.84 Å². The lowest BCUT2D eigenvalue weighted by Gasteiger charge is -2.16. The van der Waals surface area contributed by atoms with Gasteiger partial charge in [0.05, 0.1) is 7.11 Å². The largest absolute Gasteiger partial charge is 0.493 e. The van der Waals surface area contributed by atoms with E-state index in [1.807, 2.05) is 17.6 Å². The highest BCUT2D eigenvalue weighted by Crippen LogP contribution is 2.29. The number of carbonyl (C=O) groups excluding carboxylic acids is 1. The van der Waals surface area contributed by atoms with E-state index in [-0.39, 0.29) is 5.91 Å². The lowest BCUT2D eigenvalue weighted by atomic mass is 10.1. The lowest BCUT2D eigenvalue weighted by molar-refractivity contribution is -0.127. The molecule has 0 aromatic heterocycles. The fraction of sp³-hybridized carbons (Fsp3) is 0.417. The molecule has 0 heterocycles. The molecule has 0 saturated heterocycles. The van der Waals surface area contributed by atoms with Crippen molar-refractivity contribution in [3.05, 3.63) is 23.8 Å². The summed E-state index contributed by atoms with van der Waals surface area (Å²) in [5.41, 5.74) is 3.18. The Balaban J connectivity index is 2.87. The number of amides is 1. The number of nitrogens with one attached hydrogen (secondary N) is 1. The third-order valence-corrected chi connectivity index (χ3v) is 2.45. The highest BCUT2D eigenvalue weighted by Gasteiger charge is 2.15. The van der Waals surface area contributed by atoms with Gasteiger partial charge in [-0.3, -0.25) is 10.2 Å². The van der Waals surface area contributed by atoms with Crippen LogP contribution in [0, 0.1) is 0 Å². The molecule has 0 aliphatic carbocycles. The van der Waals surface area contributed by atoms with E-state index >= 15 is 0 Å². The molecule has 0 fully saturated rings. The number of benzene rings is 1. The molecule has 17 heavy (non-hydrogen) atoms. The van der Waals surface area contributed by atoms with Crippen LogP contribution in [0.3, 0.4) is 0 Å². The molecule has 1 unspecified atom stereocenters. The normalized spacial score (nSPS) is 11.8. The molecule has 1 amide bonds. The van der Waals surface area contributed by atoms with Gasteiger partial charge >= 0.3 is 0 Å². The molecule has 94 valence electrons. The first-order valence-electron chi connectivity index (χ1n) is 5.46. The second-order valence-corrected chi connectivity index (χ2v) is 3.61. The molecule has 1 atom stereocenters. The van der Waals surface area contributed by atoms with Crippen molar-refractivity contribution < 1.29 is 14.3 Å². The first-order chi connectivity index (χ1) is 8.12. The maximum atomic E-state index is 11.2. The van der Waals surface area contributed by atoms with Crippen molar-refractivity contribution in [2.45, 2.75) is 26.4 Å². The van der Waals surface area contributed by atoms with E-state index in [0.29, 0.717) is 11.5 Å². The van der Waals surface area contributed by atoms with E-state index < -0.39 is 6.10 Å². The zero-order valence-corrected chi connectivity index (χ0v) is 10.3. The van der Waals surface area contributed by atoms with E-state index in [4.69, 9.17) is 15.3 Å². The van der Waals surface area contributed by atoms with Crippen LogP contribution in [0.5, 0.6) is 11.5 Å². The molecular weight excluding hydrogens is 220 g/mol. The van der Waals surface area contributed by atoms with Gasteiger partial charge < -0.3 is 9.47 Å². The van der Waals surface area contributed by atoms with Gasteiger partial charge in [0.2, 0.25) is 0 Å². The Bertz CT molecular complexity index is 393. The summed E-state index contributed by atoms with van der Waals surface area (Å²) in [4.78, 5) is 11.2. The summed E-state index contributed by atoms with van der Waals surface area (Å²) in [5.74, 6) is 5.79. The highest BCUT2D eigenvalue weighted by atomic mass is 16.5. The van der Waals surface area contributed by atoms with E-state index in [1.165, 1.54) is 0 Å². The van der Waals surface area contributed by atoms with E-state index in [1.54, 1.807) is 20.1 Å². The Morgan fingerprint density at radius 1 is 1.47 bits per heavy atom. The third kappa shape index (κ3) is 3.35. The van der Waals surface area contributed by atoms with Crippen LogP contribution in [0.2, 0.25) is 0 Å². The van der Waals surface area contributed by atoms with Gasteiger partial charge in [0.15, 0.2) is 17.6 Å². The van der Waals surface area contributed by atoms with Gasteiger partial charge in [-0.05, 0) is 31.0 Å². The second kappa shape index (κ2) is 6.10. The maximum absolute atomic E-state index is 11.2. The molecule has 0 aliphatic heterocycles. The van der Waals surface area contributed by atoms with Gasteiger partial charge in [0.25, 0.3) is 5.91 Å². The van der Waals surface area contributed by atoms with Gasteiger partial charge in [-0.15, -0.1) is 0 Å². The van der Waals surface area contributed by atoms with Crippen molar-refractivity contribution >= 4 is 5.91 Å². The van der Waals surface area contributed by atoms with Gasteiger partial charge in [0, 0.05) is 0 Å². The standard InChI is InChI=1S/C12H18N2O3/c1-4-9-5-6-10(11(7-9)16-3)17-8(2)12(15)14-13/h5-8H,4,13H2,1-3H3,(H,14,15). The van der Waals surface area contributed by atoms with Crippen molar-refractivity contribution in [1.29, 1.82) is 0 Å². The monoisotopic (exact) mass is 238 g/mol. The molecule has 3 N–H and O–H groups in total. The molecule has 5 heteroatoms. The number of aryl methyl sites for hydroxylation is 1. The SMILES string of the molecule is CCc1ccc(OC(C)C(=O)NN)c(OC)c1. The van der Waals surface area contributed by atoms with Crippen molar-refractivity contribution in [1.82, 2.24) is 5.43 Å². The predicted octanol–water partition coefficient (Wildman–Crippen LogP) is 1.01. The maximum Gasteiger partial charge on any atom is 0.274 e. The van der Waals surface area contributed by atoms with Crippen LogP contribution >= 0.6 is 0 Å². The van der Waals surface area contributed by atoms with Crippen LogP contribution in [0.1, 0.15) is 19.4 Å². The smallest absolute Gasteiger partial charge is 0.274 e. The molecule has 0 saturated carbocycles. The average molecular weight is 238 g/mol. The number of carbonyl (C=O) groups is 1. The Morgan fingerprint density at radius 2 is 2.18 bits per heavy atom. The molecule has 0 radical (unpaired) electrons. The van der Waals surface area contributed by atoms with Gasteiger partial charge in [-0.25, -0.2) is 5.84 Å². The molecule has 5 nitrogen and oxygen atoms in total. The Morgan fingerprint density at radius 3 is 2.71 bits per heavy atom. The Hall–Kier alpha value is -1.75. The van der Waals surface area contributed by atoms with Crippen molar-refractivity contribution in [3.63, 3.8) is 0 Å². The molecule has 1 aromatic carbocycles. The van der Waals surface area contributed by atoms with Crippen LogP contribution in [-0.4, -0.2) is 19.1 Å². The minimum absolute atomic E-state index is 0.383. The minimum atomic E-state index is -0.665. The number of rotatable bonds is 5. The summed E-state index contributed by atoms with van der Waals surface area (Å²) >= 11 is 0. The first kappa shape index (κ1) is 13.3. The fourth-order valence-corrected chi connectivity index (χ4v) is 1.39. The third-order valence-electron chi connectivity index (χ3n) is 2.45. The van der Waals surface area contributed by atoms with Gasteiger partial charge in [0.1, 0.15) is 0 Å². The topological polar surface area (TPSA) is 73.6 Å². The molecule has 0 aliphatic rings. The summed E-state index contributed by atoms with van der Waals surface area (Å²) < 4.78 is 10.7. The Kier molecular flexibility index (Phi) is 4.78. The number of methoxy groups -OCH3 is 1. The highest BCUT2D eigenvalue weighted by molar-refractivity contribution is 5.80. The number of hydrogen-bond acceptors (Lipinski definition) is 4. The predicted molar refractivity (Wildman–Crippen MR) is 64.8 cm³/mol. The van der Waals surface area contributed by atoms with E-state index in [0.717, 1.165) is 12.0 Å². The van der Waals surface area contributed by atoms with Crippen LogP contribution in [0.4, 0.5) is 0 Å². The molecule has 1 aromatic rings. The Labute approximate surface area is 101 Å². The number of nitrogens with two attached hydrogens (primary N) is 1. The molecule has 0 bridgehead atoms. The van der Waals surface area contributed by atoms with Crippen LogP contribution in [0.15, 0.2) is 18.2 Å². The summed E-state index contributed by atoms with van der Waals surface area (Å²) in [6.45, 7) is 3.68. The molecule has 1 rings (SSSR count). The minimum Gasteiger partial charge on any atom is -0.493 e. The van der Waals surface area contributed by atoms with Gasteiger partial charge in [-0.1, -0.05) is 13.0 Å². The summed E-state index contributed by atoms with van der Waals surface area (Å²) in [5, 5.41) is 0. The molecular formula is C12H18N2O3. The number of ether oxygens (including phenoxy) is 2. The quantitative estimate of drug-likeness (QED) is 0.456. The van der Waals surface area contributed by atoms with Crippen molar-refractivity contribution in [2.75, 3.05) is 7.11 Å². The van der Waals surface area contributed by atoms with E-state index in [2.05, 4.69) is 6.92 Å². The summed E-state index contributed by atoms with van der Waals surface area (Å²) in [6, 6.07) is 5.62.